The van der Waals surface area contributed by atoms with E-state index in [1.165, 1.54) is 32.7 Å². The van der Waals surface area contributed by atoms with Gasteiger partial charge in [-0.3, -0.25) is 19.3 Å². The lowest BCUT2D eigenvalue weighted by Gasteiger charge is -2.33. The number of rotatable bonds is 6. The Hall–Kier alpha value is -2.56. The Morgan fingerprint density at radius 2 is 1.69 bits per heavy atom. The Bertz CT molecular complexity index is 1180. The van der Waals surface area contributed by atoms with Gasteiger partial charge in [-0.1, -0.05) is 13.3 Å². The zero-order chi connectivity index (χ0) is 23.0. The van der Waals surface area contributed by atoms with Crippen LogP contribution in [0.4, 0.5) is 0 Å². The standard InChI is InChI=1S/C22H25N3O5S2/c1-3-4-9-25-21(27)17-7-6-16(14-18(17)22(25)28)20(26)23-10-12-24(13-11-23)32(29,30)19-8-5-15(2)31-19/h5-8,14H,3-4,9-13H2,1-2H3. The molecule has 2 aromatic rings. The van der Waals surface area contributed by atoms with Crippen LogP contribution in [0.3, 0.4) is 0 Å². The molecule has 0 saturated carbocycles. The zero-order valence-electron chi connectivity index (χ0n) is 18.0. The first kappa shape index (κ1) is 22.6. The second-order valence-electron chi connectivity index (χ2n) is 7.94. The van der Waals surface area contributed by atoms with Crippen molar-refractivity contribution in [1.82, 2.24) is 14.1 Å². The van der Waals surface area contributed by atoms with E-state index in [0.29, 0.717) is 21.9 Å². The molecule has 10 heteroatoms. The summed E-state index contributed by atoms with van der Waals surface area (Å²) in [6.07, 6.45) is 1.60. The van der Waals surface area contributed by atoms with Crippen LogP contribution in [0.25, 0.3) is 0 Å². The van der Waals surface area contributed by atoms with Gasteiger partial charge in [0.15, 0.2) is 0 Å². The van der Waals surface area contributed by atoms with Crippen molar-refractivity contribution in [2.24, 2.45) is 0 Å². The van der Waals surface area contributed by atoms with E-state index in [1.54, 1.807) is 23.1 Å². The summed E-state index contributed by atoms with van der Waals surface area (Å²) in [5.74, 6) is -0.959. The summed E-state index contributed by atoms with van der Waals surface area (Å²) in [5, 5.41) is 0. The van der Waals surface area contributed by atoms with E-state index in [4.69, 9.17) is 0 Å². The summed E-state index contributed by atoms with van der Waals surface area (Å²) < 4.78 is 27.3. The maximum Gasteiger partial charge on any atom is 0.261 e. The largest absolute Gasteiger partial charge is 0.336 e. The van der Waals surface area contributed by atoms with Crippen LogP contribution in [0.5, 0.6) is 0 Å². The molecule has 3 amide bonds. The number of sulfonamides is 1. The van der Waals surface area contributed by atoms with Gasteiger partial charge >= 0.3 is 0 Å². The van der Waals surface area contributed by atoms with Gasteiger partial charge in [-0.15, -0.1) is 11.3 Å². The van der Waals surface area contributed by atoms with Gasteiger partial charge in [0.2, 0.25) is 0 Å². The summed E-state index contributed by atoms with van der Waals surface area (Å²) >= 11 is 1.24. The number of carbonyl (C=O) groups excluding carboxylic acids is 3. The molecule has 0 aliphatic carbocycles. The maximum absolute atomic E-state index is 13.0. The number of hydrogen-bond donors (Lipinski definition) is 0. The molecule has 8 nitrogen and oxygen atoms in total. The van der Waals surface area contributed by atoms with Crippen molar-refractivity contribution < 1.29 is 22.8 Å². The van der Waals surface area contributed by atoms with Crippen LogP contribution >= 0.6 is 11.3 Å². The number of aryl methyl sites for hydroxylation is 1. The number of benzene rings is 1. The molecule has 0 unspecified atom stereocenters. The van der Waals surface area contributed by atoms with Crippen molar-refractivity contribution in [3.63, 3.8) is 0 Å². The lowest BCUT2D eigenvalue weighted by molar-refractivity contribution is 0.0651. The van der Waals surface area contributed by atoms with Gasteiger partial charge in [0.05, 0.1) is 11.1 Å². The van der Waals surface area contributed by atoms with E-state index >= 15 is 0 Å². The number of thiophene rings is 1. The first-order chi connectivity index (χ1) is 15.2. The highest BCUT2D eigenvalue weighted by atomic mass is 32.2. The first-order valence-corrected chi connectivity index (χ1v) is 12.9. The summed E-state index contributed by atoms with van der Waals surface area (Å²) in [6, 6.07) is 7.98. The van der Waals surface area contributed by atoms with Gasteiger partial charge in [-0.2, -0.15) is 4.31 Å². The molecule has 4 rings (SSSR count). The van der Waals surface area contributed by atoms with Crippen LogP contribution in [0.1, 0.15) is 55.7 Å². The SMILES string of the molecule is CCCCN1C(=O)c2ccc(C(=O)N3CCN(S(=O)(=O)c4ccc(C)s4)CC3)cc2C1=O. The fraction of sp³-hybridized carbons (Fsp3) is 0.409. The number of piperazine rings is 1. The minimum absolute atomic E-state index is 0.207. The molecule has 32 heavy (non-hydrogen) atoms. The highest BCUT2D eigenvalue weighted by Gasteiger charge is 2.36. The van der Waals surface area contributed by atoms with Gasteiger partial charge < -0.3 is 4.90 Å². The molecule has 1 aromatic carbocycles. The number of nitrogens with zero attached hydrogens (tertiary/aromatic N) is 3. The third-order valence-electron chi connectivity index (χ3n) is 5.79. The van der Waals surface area contributed by atoms with Crippen LogP contribution in [-0.2, 0) is 10.0 Å². The maximum atomic E-state index is 13.0. The van der Waals surface area contributed by atoms with E-state index in [9.17, 15) is 22.8 Å². The Kier molecular flexibility index (Phi) is 6.19. The molecule has 1 saturated heterocycles. The second-order valence-corrected chi connectivity index (χ2v) is 11.4. The molecule has 0 radical (unpaired) electrons. The average molecular weight is 476 g/mol. The van der Waals surface area contributed by atoms with Crippen LogP contribution in [-0.4, -0.2) is 73.0 Å². The molecular formula is C22H25N3O5S2. The Morgan fingerprint density at radius 1 is 1.00 bits per heavy atom. The summed E-state index contributed by atoms with van der Waals surface area (Å²) in [7, 11) is -3.56. The Labute approximate surface area is 191 Å². The van der Waals surface area contributed by atoms with E-state index in [-0.39, 0.29) is 49.5 Å². The first-order valence-electron chi connectivity index (χ1n) is 10.6. The number of fused-ring (bicyclic) bond motifs is 1. The van der Waals surface area contributed by atoms with Crippen LogP contribution in [0.2, 0.25) is 0 Å². The van der Waals surface area contributed by atoms with E-state index in [0.717, 1.165) is 17.7 Å². The van der Waals surface area contributed by atoms with Gasteiger partial charge in [0, 0.05) is 43.2 Å². The van der Waals surface area contributed by atoms with E-state index in [2.05, 4.69) is 0 Å². The third-order valence-corrected chi connectivity index (χ3v) is 9.16. The minimum atomic E-state index is -3.56. The van der Waals surface area contributed by atoms with Gasteiger partial charge in [-0.25, -0.2) is 8.42 Å². The van der Waals surface area contributed by atoms with E-state index in [1.807, 2.05) is 13.8 Å². The van der Waals surface area contributed by atoms with Crippen molar-refractivity contribution in [1.29, 1.82) is 0 Å². The molecule has 0 atom stereocenters. The molecule has 1 aromatic heterocycles. The Balaban J connectivity index is 1.45. The molecule has 0 bridgehead atoms. The van der Waals surface area contributed by atoms with Crippen LogP contribution in [0.15, 0.2) is 34.5 Å². The molecular weight excluding hydrogens is 450 g/mol. The third kappa shape index (κ3) is 3.98. The van der Waals surface area contributed by atoms with Crippen LogP contribution < -0.4 is 0 Å². The van der Waals surface area contributed by atoms with Crippen molar-refractivity contribution >= 4 is 39.1 Å². The molecule has 1 fully saturated rings. The van der Waals surface area contributed by atoms with Crippen molar-refractivity contribution in [3.05, 3.63) is 51.9 Å². The van der Waals surface area contributed by atoms with Gasteiger partial charge in [0.25, 0.3) is 27.7 Å². The lowest BCUT2D eigenvalue weighted by Crippen LogP contribution is -2.50. The quantitative estimate of drug-likeness (QED) is 0.599. The number of unbranched alkanes of at least 4 members (excludes halogenated alkanes) is 1. The number of carbonyl (C=O) groups is 3. The van der Waals surface area contributed by atoms with Crippen molar-refractivity contribution in [2.75, 3.05) is 32.7 Å². The molecule has 2 aliphatic rings. The van der Waals surface area contributed by atoms with Gasteiger partial charge in [-0.05, 0) is 43.7 Å². The Morgan fingerprint density at radius 3 is 2.31 bits per heavy atom. The predicted octanol–water partition coefficient (Wildman–Crippen LogP) is 2.60. The molecule has 2 aliphatic heterocycles. The second kappa shape index (κ2) is 8.76. The normalized spacial score (nSPS) is 17.2. The topological polar surface area (TPSA) is 95.1 Å². The van der Waals surface area contributed by atoms with Crippen molar-refractivity contribution in [3.8, 4) is 0 Å². The fourth-order valence-corrected chi connectivity index (χ4v) is 6.79. The summed E-state index contributed by atoms with van der Waals surface area (Å²) in [5.41, 5.74) is 0.906. The molecule has 170 valence electrons. The highest BCUT2D eigenvalue weighted by molar-refractivity contribution is 7.91. The number of amides is 3. The zero-order valence-corrected chi connectivity index (χ0v) is 19.7. The average Bonchev–Trinajstić information content (AvgIpc) is 3.34. The molecule has 3 heterocycles. The predicted molar refractivity (Wildman–Crippen MR) is 120 cm³/mol. The minimum Gasteiger partial charge on any atom is -0.336 e. The smallest absolute Gasteiger partial charge is 0.261 e. The number of hydrogen-bond acceptors (Lipinski definition) is 6. The number of imide groups is 1. The fourth-order valence-electron chi connectivity index (χ4n) is 3.94. The monoisotopic (exact) mass is 475 g/mol. The van der Waals surface area contributed by atoms with Crippen LogP contribution in [0, 0.1) is 6.92 Å². The van der Waals surface area contributed by atoms with E-state index < -0.39 is 10.0 Å². The highest BCUT2D eigenvalue weighted by Crippen LogP contribution is 2.27. The summed E-state index contributed by atoms with van der Waals surface area (Å²) in [4.78, 5) is 41.9. The molecule has 0 spiro atoms. The summed E-state index contributed by atoms with van der Waals surface area (Å²) in [6.45, 7) is 5.15. The lowest BCUT2D eigenvalue weighted by atomic mass is 10.0. The van der Waals surface area contributed by atoms with Crippen molar-refractivity contribution in [2.45, 2.75) is 30.9 Å². The molecule has 0 N–H and O–H groups in total. The van der Waals surface area contributed by atoms with Gasteiger partial charge in [0.1, 0.15) is 4.21 Å².